The summed E-state index contributed by atoms with van der Waals surface area (Å²) in [6, 6.07) is 8.83. The van der Waals surface area contributed by atoms with Crippen LogP contribution >= 0.6 is 0 Å². The molecule has 7 heteroatoms. The van der Waals surface area contributed by atoms with Gasteiger partial charge in [-0.15, -0.1) is 0 Å². The van der Waals surface area contributed by atoms with Crippen molar-refractivity contribution in [1.82, 2.24) is 4.98 Å². The van der Waals surface area contributed by atoms with E-state index in [1.54, 1.807) is 25.4 Å². The van der Waals surface area contributed by atoms with E-state index in [2.05, 4.69) is 4.98 Å². The van der Waals surface area contributed by atoms with Crippen molar-refractivity contribution in [2.24, 2.45) is 0 Å². The third-order valence-electron chi connectivity index (χ3n) is 3.50. The van der Waals surface area contributed by atoms with E-state index in [4.69, 9.17) is 8.85 Å². The van der Waals surface area contributed by atoms with Crippen molar-refractivity contribution >= 4 is 14.2 Å². The van der Waals surface area contributed by atoms with Gasteiger partial charge in [0.1, 0.15) is 0 Å². The summed E-state index contributed by atoms with van der Waals surface area (Å²) in [5, 5.41) is 11.0. The van der Waals surface area contributed by atoms with Gasteiger partial charge in [0.15, 0.2) is 0 Å². The molecule has 0 saturated heterocycles. The predicted molar refractivity (Wildman–Crippen MR) is 89.1 cm³/mol. The molecule has 2 rings (SSSR count). The topological polar surface area (TPSA) is 74.5 Å². The third-order valence-corrected chi connectivity index (χ3v) is 5.18. The molecular weight excluding hydrogens is 312 g/mol. The van der Waals surface area contributed by atoms with Gasteiger partial charge in [-0.1, -0.05) is 18.2 Å². The van der Waals surface area contributed by atoms with Gasteiger partial charge in [0.25, 0.3) is 5.69 Å². The van der Waals surface area contributed by atoms with E-state index in [1.807, 2.05) is 31.3 Å². The second-order valence-corrected chi connectivity index (χ2v) is 9.03. The molecule has 122 valence electrons. The van der Waals surface area contributed by atoms with Crippen LogP contribution in [0.5, 0.6) is 0 Å². The minimum Gasteiger partial charge on any atom is -0.390 e. The molecule has 6 nitrogen and oxygen atoms in total. The first-order chi connectivity index (χ1) is 10.9. The molecule has 0 unspecified atom stereocenters. The Morgan fingerprint density at radius 2 is 1.91 bits per heavy atom. The third kappa shape index (κ3) is 4.95. The summed E-state index contributed by atoms with van der Waals surface area (Å²) >= 11 is 0. The molecular formula is C16H20N2O4Si. The molecule has 1 aromatic carbocycles. The van der Waals surface area contributed by atoms with Crippen LogP contribution < -0.4 is 0 Å². The van der Waals surface area contributed by atoms with Gasteiger partial charge in [0.2, 0.25) is 0 Å². The maximum atomic E-state index is 11.0. The van der Waals surface area contributed by atoms with Gasteiger partial charge in [-0.3, -0.25) is 15.1 Å². The zero-order valence-corrected chi connectivity index (χ0v) is 14.5. The average molecular weight is 332 g/mol. The van der Waals surface area contributed by atoms with Crippen molar-refractivity contribution in [3.05, 3.63) is 69.5 Å². The molecule has 0 radical (unpaired) electrons. The van der Waals surface area contributed by atoms with Gasteiger partial charge in [0.05, 0.1) is 18.1 Å². The highest BCUT2D eigenvalue weighted by molar-refractivity contribution is 6.64. The van der Waals surface area contributed by atoms with E-state index in [0.29, 0.717) is 18.8 Å². The summed E-state index contributed by atoms with van der Waals surface area (Å²) in [6.45, 7) is 6.40. The van der Waals surface area contributed by atoms with Crippen LogP contribution in [0.3, 0.4) is 0 Å². The van der Waals surface area contributed by atoms with Gasteiger partial charge in [-0.25, -0.2) is 0 Å². The zero-order valence-electron chi connectivity index (χ0n) is 13.5. The Morgan fingerprint density at radius 3 is 2.57 bits per heavy atom. The second kappa shape index (κ2) is 7.45. The van der Waals surface area contributed by atoms with Gasteiger partial charge in [-0.05, 0) is 37.2 Å². The first kappa shape index (κ1) is 17.3. The molecule has 0 atom stereocenters. The number of hydrogen-bond acceptors (Lipinski definition) is 5. The second-order valence-electron chi connectivity index (χ2n) is 5.66. The Bertz CT molecular complexity index is 677. The molecule has 0 N–H and O–H groups in total. The van der Waals surface area contributed by atoms with E-state index in [9.17, 15) is 10.1 Å². The number of pyridine rings is 1. The number of nitrogens with zero attached hydrogens (tertiary/aromatic N) is 2. The number of benzene rings is 1. The molecule has 0 spiro atoms. The number of nitro groups is 1. The van der Waals surface area contributed by atoms with Crippen molar-refractivity contribution < 1.29 is 13.8 Å². The fourth-order valence-corrected chi connectivity index (χ4v) is 3.16. The molecule has 0 aliphatic carbocycles. The molecule has 1 aromatic heterocycles. The van der Waals surface area contributed by atoms with Crippen molar-refractivity contribution in [1.29, 1.82) is 0 Å². The van der Waals surface area contributed by atoms with Crippen molar-refractivity contribution in [2.45, 2.75) is 33.2 Å². The predicted octanol–water partition coefficient (Wildman–Crippen LogP) is 3.73. The standard InChI is InChI=1S/C16H20N2O4Si/c1-13-15(7-4-8-16(13)18(19)20)12-22-23(2,3)21-11-14-6-5-9-17-10-14/h4-10H,11-12H2,1-3H3. The summed E-state index contributed by atoms with van der Waals surface area (Å²) in [5.74, 6) is 0. The molecule has 1 heterocycles. The monoisotopic (exact) mass is 332 g/mol. The van der Waals surface area contributed by atoms with Crippen LogP contribution in [0.25, 0.3) is 0 Å². The number of rotatable bonds is 7. The lowest BCUT2D eigenvalue weighted by Crippen LogP contribution is -2.34. The maximum absolute atomic E-state index is 11.0. The lowest BCUT2D eigenvalue weighted by atomic mass is 10.1. The van der Waals surface area contributed by atoms with Crippen LogP contribution in [-0.2, 0) is 22.1 Å². The highest BCUT2D eigenvalue weighted by Gasteiger charge is 2.25. The first-order valence-corrected chi connectivity index (χ1v) is 10.1. The lowest BCUT2D eigenvalue weighted by molar-refractivity contribution is -0.385. The minimum atomic E-state index is -2.33. The summed E-state index contributed by atoms with van der Waals surface area (Å²) in [7, 11) is -2.33. The molecule has 0 fully saturated rings. The van der Waals surface area contributed by atoms with E-state index in [1.165, 1.54) is 6.07 Å². The molecule has 0 aliphatic rings. The van der Waals surface area contributed by atoms with E-state index >= 15 is 0 Å². The number of hydrogen-bond donors (Lipinski definition) is 0. The number of nitro benzene ring substituents is 1. The molecule has 0 bridgehead atoms. The molecule has 23 heavy (non-hydrogen) atoms. The summed E-state index contributed by atoms with van der Waals surface area (Å²) < 4.78 is 11.8. The Morgan fingerprint density at radius 1 is 1.17 bits per heavy atom. The highest BCUT2D eigenvalue weighted by atomic mass is 28.4. The van der Waals surface area contributed by atoms with Crippen molar-refractivity contribution in [3.8, 4) is 0 Å². The van der Waals surface area contributed by atoms with Crippen LogP contribution in [0, 0.1) is 17.0 Å². The molecule has 0 amide bonds. The van der Waals surface area contributed by atoms with Crippen LogP contribution in [0.4, 0.5) is 5.69 Å². The quantitative estimate of drug-likeness (QED) is 0.439. The summed E-state index contributed by atoms with van der Waals surface area (Å²) in [6.07, 6.45) is 3.48. The maximum Gasteiger partial charge on any atom is 0.332 e. The minimum absolute atomic E-state index is 0.113. The van der Waals surface area contributed by atoms with Gasteiger partial charge >= 0.3 is 8.56 Å². The smallest absolute Gasteiger partial charge is 0.332 e. The average Bonchev–Trinajstić information content (AvgIpc) is 2.53. The first-order valence-electron chi connectivity index (χ1n) is 7.29. The molecule has 0 aliphatic heterocycles. The fraction of sp³-hybridized carbons (Fsp3) is 0.312. The zero-order chi connectivity index (χ0) is 16.9. The lowest BCUT2D eigenvalue weighted by Gasteiger charge is -2.23. The molecule has 0 saturated carbocycles. The van der Waals surface area contributed by atoms with E-state index in [0.717, 1.165) is 11.1 Å². The molecule has 2 aromatic rings. The highest BCUT2D eigenvalue weighted by Crippen LogP contribution is 2.23. The Balaban J connectivity index is 1.96. The Kier molecular flexibility index (Phi) is 5.59. The van der Waals surface area contributed by atoms with Gasteiger partial charge < -0.3 is 8.85 Å². The van der Waals surface area contributed by atoms with E-state index in [-0.39, 0.29) is 10.6 Å². The Hall–Kier alpha value is -2.09. The van der Waals surface area contributed by atoms with Crippen molar-refractivity contribution in [3.63, 3.8) is 0 Å². The Labute approximate surface area is 136 Å². The largest absolute Gasteiger partial charge is 0.390 e. The van der Waals surface area contributed by atoms with Crippen LogP contribution in [0.2, 0.25) is 13.1 Å². The summed E-state index contributed by atoms with van der Waals surface area (Å²) in [5.41, 5.74) is 2.55. The van der Waals surface area contributed by atoms with Gasteiger partial charge in [0, 0.05) is 24.0 Å². The van der Waals surface area contributed by atoms with Crippen LogP contribution in [0.1, 0.15) is 16.7 Å². The summed E-state index contributed by atoms with van der Waals surface area (Å²) in [4.78, 5) is 14.7. The van der Waals surface area contributed by atoms with Crippen molar-refractivity contribution in [2.75, 3.05) is 0 Å². The fourth-order valence-electron chi connectivity index (χ4n) is 2.06. The normalized spacial score (nSPS) is 11.4. The van der Waals surface area contributed by atoms with Gasteiger partial charge in [-0.2, -0.15) is 0 Å². The number of aromatic nitrogens is 1. The SMILES string of the molecule is Cc1c(CO[Si](C)(C)OCc2cccnc2)cccc1[N+](=O)[O-]. The van der Waals surface area contributed by atoms with Crippen LogP contribution in [0.15, 0.2) is 42.7 Å². The van der Waals surface area contributed by atoms with E-state index < -0.39 is 8.56 Å². The van der Waals surface area contributed by atoms with Crippen LogP contribution in [-0.4, -0.2) is 18.5 Å².